The first-order valence-electron chi connectivity index (χ1n) is 37.0. The Morgan fingerprint density at radius 2 is 0.913 bits per heavy atom. The molecule has 9 rings (SSSR count). The van der Waals surface area contributed by atoms with E-state index >= 15 is 0 Å². The number of carbonyl (C=O) groups excluding carboxylic acids is 1. The van der Waals surface area contributed by atoms with Gasteiger partial charge in [-0.15, -0.1) is 0 Å². The van der Waals surface area contributed by atoms with E-state index in [-0.39, 0.29) is 91.3 Å². The molecule has 0 saturated carbocycles. The number of ketones is 1. The van der Waals surface area contributed by atoms with E-state index < -0.39 is 6.99 Å². The molecule has 0 aromatic heterocycles. The van der Waals surface area contributed by atoms with Gasteiger partial charge in [-0.2, -0.15) is 9.90 Å². The molecular formula is C91H130BO6P3SZn+. The van der Waals surface area contributed by atoms with E-state index in [1.54, 1.807) is 7.11 Å². The van der Waals surface area contributed by atoms with E-state index in [0.29, 0.717) is 13.2 Å². The van der Waals surface area contributed by atoms with Gasteiger partial charge in [-0.05, 0) is 277 Å². The van der Waals surface area contributed by atoms with Crippen molar-refractivity contribution >= 4 is 74.1 Å². The molecule has 4 aromatic rings. The van der Waals surface area contributed by atoms with E-state index in [0.717, 1.165) is 81.1 Å². The number of carbonyl (C=O) groups is 1. The fraction of sp³-hybridized carbons (Fsp3) is 0.462. The zero-order chi connectivity index (χ0) is 74.8. The minimum Gasteiger partial charge on any atom is -0.388 e. The van der Waals surface area contributed by atoms with Crippen LogP contribution in [0.1, 0.15) is 300 Å². The summed E-state index contributed by atoms with van der Waals surface area (Å²) in [7, 11) is 3.88. The first-order chi connectivity index (χ1) is 47.7. The summed E-state index contributed by atoms with van der Waals surface area (Å²) in [5, 5.41) is 10.3. The summed E-state index contributed by atoms with van der Waals surface area (Å²) in [5.41, 5.74) is 25.5. The average Bonchev–Trinajstić information content (AvgIpc) is 0.805. The molecule has 0 bridgehead atoms. The van der Waals surface area contributed by atoms with Crippen molar-refractivity contribution in [2.24, 2.45) is 0 Å². The van der Waals surface area contributed by atoms with Crippen molar-refractivity contribution in [3.05, 3.63) is 259 Å². The van der Waals surface area contributed by atoms with Crippen LogP contribution < -0.4 is 0 Å². The number of hydrogen-bond donors (Lipinski definition) is 1. The van der Waals surface area contributed by atoms with Crippen LogP contribution in [-0.4, -0.2) is 47.4 Å². The first kappa shape index (κ1) is 92.5. The van der Waals surface area contributed by atoms with Crippen molar-refractivity contribution < 1.29 is 49.8 Å². The van der Waals surface area contributed by atoms with E-state index in [9.17, 15) is 9.90 Å². The fourth-order valence-electron chi connectivity index (χ4n) is 13.4. The number of benzene rings is 4. The van der Waals surface area contributed by atoms with Crippen LogP contribution >= 0.6 is 25.8 Å². The number of methoxy groups -OCH3 is 1. The molecule has 5 aliphatic rings. The molecule has 1 aliphatic heterocycles. The summed E-state index contributed by atoms with van der Waals surface area (Å²) in [5.74, 6) is 0.282. The second-order valence-electron chi connectivity index (χ2n) is 30.3. The molecule has 4 aliphatic carbocycles. The molecule has 103 heavy (non-hydrogen) atoms. The number of aliphatic hydroxyl groups excluding tert-OH is 1. The van der Waals surface area contributed by atoms with Crippen LogP contribution in [0.2, 0.25) is 0 Å². The SMILES string of the molecule is C/C=C(C)/C=C/C=C(\C)c1ccc2c(c1)C(=O)CCC2(C)C.C/C=C(C)/C=C/C=C(\C)c1ccc2c(c1)C(O)CCC2(C)C.C/C=C(C)/C=C/C=C(\C)c1ccc2c(c1)C(OC1CCCCO1)CCC2(C)C.C/C=C(C)/C=C/C=C(\C)c1ccc2c(c1)C(OCOC)CCC2(C)C.P.[2HH].[3H][P+](P)=S.[B].[Zn]. The van der Waals surface area contributed by atoms with Gasteiger partial charge in [0.15, 0.2) is 30.9 Å². The molecular weight excluding hydrogens is 1390 g/mol. The molecule has 4 aromatic carbocycles. The molecule has 3 radical (unpaired) electrons. The van der Waals surface area contributed by atoms with Gasteiger partial charge in [0, 0.05) is 55.0 Å². The molecule has 555 valence electrons. The molecule has 1 saturated heterocycles. The maximum atomic E-state index is 12.2. The van der Waals surface area contributed by atoms with Gasteiger partial charge < -0.3 is 24.1 Å². The topological polar surface area (TPSA) is 74.2 Å². The van der Waals surface area contributed by atoms with Gasteiger partial charge in [-0.3, -0.25) is 4.79 Å². The number of aliphatic hydroxyl groups is 1. The molecule has 12 heteroatoms. The van der Waals surface area contributed by atoms with Crippen LogP contribution in [0.4, 0.5) is 0 Å². The van der Waals surface area contributed by atoms with Crippen molar-refractivity contribution in [1.29, 1.82) is 1.28 Å². The molecule has 1 fully saturated rings. The van der Waals surface area contributed by atoms with E-state index in [2.05, 4.69) is 315 Å². The Labute approximate surface area is 655 Å². The number of fused-ring (bicyclic) bond motifs is 4. The molecule has 1 N–H and O–H groups in total. The third kappa shape index (κ3) is 28.8. The van der Waals surface area contributed by atoms with Crippen LogP contribution in [0.15, 0.2) is 192 Å². The Morgan fingerprint density at radius 1 is 0.563 bits per heavy atom. The monoisotopic (exact) mass is 1520 g/mol. The minimum absolute atomic E-state index is 0. The van der Waals surface area contributed by atoms with E-state index in [4.69, 9.17) is 20.2 Å². The predicted octanol–water partition coefficient (Wildman–Crippen LogP) is 26.0. The second-order valence-corrected chi connectivity index (χ2v) is 33.1. The number of allylic oxidation sites excluding steroid dienone is 24. The normalized spacial score (nSPS) is 21.2. The second kappa shape index (κ2) is 45.8. The Balaban J connectivity index is 0.000000682. The van der Waals surface area contributed by atoms with Crippen molar-refractivity contribution in [3.8, 4) is 0 Å². The quantitative estimate of drug-likeness (QED) is 0.0489. The van der Waals surface area contributed by atoms with Gasteiger partial charge in [0.2, 0.25) is 0 Å². The van der Waals surface area contributed by atoms with Gasteiger partial charge in [0.25, 0.3) is 0 Å². The summed E-state index contributed by atoms with van der Waals surface area (Å²) < 4.78 is 29.8. The van der Waals surface area contributed by atoms with Crippen LogP contribution in [0.3, 0.4) is 0 Å². The van der Waals surface area contributed by atoms with Crippen LogP contribution in [-0.2, 0) is 71.9 Å². The number of rotatable bonds is 17. The van der Waals surface area contributed by atoms with Gasteiger partial charge >= 0.3 is 1.28 Å². The number of hydrogen-bond acceptors (Lipinski definition) is 7. The van der Waals surface area contributed by atoms with Crippen LogP contribution in [0.25, 0.3) is 22.3 Å². The number of Topliss-reactive ketones (excluding diaryl/α,β-unsaturated/α-hetero) is 1. The summed E-state index contributed by atoms with van der Waals surface area (Å²) >= 11 is 4.31. The first-order valence-corrected chi connectivity index (χ1v) is 40.1. The Kier molecular flexibility index (Phi) is 41.2. The standard InChI is InChI=1S/C26H36O2.C23H32O2.C21H28O.C21H26O.B.H2P2S.H3P.Zn.H2/c1-6-19(2)10-9-11-20(3)21-13-14-23-22(18-21)24(15-16-26(23,4)5)28-25-12-7-8-17-27-25;1-7-17(2)9-8-10-18(3)19-11-12-21-20(15-19)22(25-16-24-6)13-14-23(21,4)5;2*1-6-15(2)8-7-9-16(3)17-10-11-19-18(14-17)20(22)12-13-21(19,4)5;;1-2-3;;;/h6,9-11,13-14,18,24-25H,7-8,12,15-17H2,1-5H3;7-12,15,22H,13-14,16H2,1-6H3;6-11,14,20,22H,12-13H2,1-5H3;6-11,14H,12-13H2,1-5H3;;1H2;1H3;;1H/p+1/b10-9+,19-6+,20-11+;9-8+,17-7+,18-10+;2*8-7+,15-6+,16-9+;;;;;/i;;;;;;;;1+1/hT. The zero-order valence-electron chi connectivity index (χ0n) is 68.1. The maximum absolute atomic E-state index is 12.2. The van der Waals surface area contributed by atoms with Crippen molar-refractivity contribution in [2.45, 2.75) is 255 Å². The van der Waals surface area contributed by atoms with Gasteiger partial charge in [0.05, 0.1) is 27.2 Å². The summed E-state index contributed by atoms with van der Waals surface area (Å²) in [6.45, 7) is 43.8. The molecule has 6 nitrogen and oxygen atoms in total. The largest absolute Gasteiger partial charge is 0.388 e. The molecule has 0 spiro atoms. The molecule has 7 unspecified atom stereocenters. The van der Waals surface area contributed by atoms with Crippen molar-refractivity contribution in [3.63, 3.8) is 0 Å². The zero-order valence-corrected chi connectivity index (χ0v) is 74.3. The minimum atomic E-state index is -0.870. The van der Waals surface area contributed by atoms with Gasteiger partial charge in [-0.25, -0.2) is 0 Å². The fourth-order valence-corrected chi connectivity index (χ4v) is 13.4. The predicted molar refractivity (Wildman–Crippen MR) is 460 cm³/mol. The molecule has 7 atom stereocenters. The van der Waals surface area contributed by atoms with Crippen molar-refractivity contribution in [1.82, 2.24) is 0 Å². The Hall–Kier alpha value is -4.70. The molecule has 0 amide bonds. The average molecular weight is 1520 g/mol. The van der Waals surface area contributed by atoms with Gasteiger partial charge in [-0.1, -0.05) is 223 Å². The summed E-state index contributed by atoms with van der Waals surface area (Å²) in [4.78, 5) is 12.2. The third-order valence-electron chi connectivity index (χ3n) is 20.8. The van der Waals surface area contributed by atoms with Crippen molar-refractivity contribution in [2.75, 3.05) is 20.5 Å². The van der Waals surface area contributed by atoms with E-state index in [1.807, 2.05) is 13.8 Å². The summed E-state index contributed by atoms with van der Waals surface area (Å²) in [6, 6.07) is 26.7. The Bertz CT molecular complexity index is 3870. The van der Waals surface area contributed by atoms with Crippen LogP contribution in [0, 0.1) is 0 Å². The maximum Gasteiger partial charge on any atom is 0.355 e. The number of ether oxygens (including phenoxy) is 4. The summed E-state index contributed by atoms with van der Waals surface area (Å²) in [6.07, 6.45) is 45.1. The smallest absolute Gasteiger partial charge is 0.355 e. The third-order valence-corrected chi connectivity index (χ3v) is 20.8. The van der Waals surface area contributed by atoms with Gasteiger partial charge in [0.1, 0.15) is 6.79 Å². The molecule has 1 heterocycles. The Morgan fingerprint density at radius 3 is 1.30 bits per heavy atom. The van der Waals surface area contributed by atoms with Crippen LogP contribution in [0.5, 0.6) is 0 Å². The van der Waals surface area contributed by atoms with E-state index in [1.165, 1.54) is 101 Å².